The molecule has 122 valence electrons. The van der Waals surface area contributed by atoms with Crippen molar-refractivity contribution >= 4 is 28.9 Å². The van der Waals surface area contributed by atoms with Gasteiger partial charge in [0, 0.05) is 18.8 Å². The number of carbonyl (C=O) groups excluding carboxylic acids is 1. The lowest BCUT2D eigenvalue weighted by Crippen LogP contribution is -2.45. The summed E-state index contributed by atoms with van der Waals surface area (Å²) in [4.78, 5) is 11.5. The van der Waals surface area contributed by atoms with Crippen molar-refractivity contribution in [3.8, 4) is 0 Å². The number of aromatic nitrogens is 2. The number of aryl methyl sites for hydroxylation is 1. The Labute approximate surface area is 136 Å². The van der Waals surface area contributed by atoms with Crippen LogP contribution in [0.4, 0.5) is 5.69 Å². The molecule has 4 N–H and O–H groups in total. The highest BCUT2D eigenvalue weighted by Crippen LogP contribution is 2.29. The minimum atomic E-state index is -0.558. The quantitative estimate of drug-likeness (QED) is 0.739. The third-order valence-electron chi connectivity index (χ3n) is 4.59. The van der Waals surface area contributed by atoms with E-state index in [1.807, 2.05) is 6.92 Å². The minimum Gasteiger partial charge on any atom is -0.364 e. The van der Waals surface area contributed by atoms with Gasteiger partial charge in [-0.1, -0.05) is 26.7 Å². The van der Waals surface area contributed by atoms with Gasteiger partial charge in [-0.05, 0) is 37.4 Å². The maximum atomic E-state index is 11.5. The maximum Gasteiger partial charge on any atom is 0.271 e. The number of carbonyl (C=O) groups is 1. The molecule has 0 aromatic carbocycles. The predicted molar refractivity (Wildman–Crippen MR) is 91.7 cm³/mol. The van der Waals surface area contributed by atoms with E-state index in [1.54, 1.807) is 10.9 Å². The van der Waals surface area contributed by atoms with Crippen molar-refractivity contribution in [1.82, 2.24) is 15.1 Å². The molecule has 0 radical (unpaired) electrons. The summed E-state index contributed by atoms with van der Waals surface area (Å²) >= 11 is 5.39. The lowest BCUT2D eigenvalue weighted by molar-refractivity contribution is 0.0995. The smallest absolute Gasteiger partial charge is 0.271 e. The van der Waals surface area contributed by atoms with Crippen LogP contribution in [0.25, 0.3) is 0 Å². The van der Waals surface area contributed by atoms with Crippen LogP contribution >= 0.6 is 12.2 Å². The van der Waals surface area contributed by atoms with Gasteiger partial charge in [0.15, 0.2) is 10.8 Å². The summed E-state index contributed by atoms with van der Waals surface area (Å²) in [6.07, 6.45) is 5.35. The zero-order valence-corrected chi connectivity index (χ0v) is 14.2. The molecule has 1 aromatic rings. The average Bonchev–Trinajstić information content (AvgIpc) is 2.87. The summed E-state index contributed by atoms with van der Waals surface area (Å²) in [6.45, 7) is 7.15. The zero-order chi connectivity index (χ0) is 16.3. The molecule has 1 aliphatic rings. The number of nitrogens with two attached hydrogens (primary N) is 1. The van der Waals surface area contributed by atoms with Gasteiger partial charge in [0.2, 0.25) is 0 Å². The van der Waals surface area contributed by atoms with Crippen molar-refractivity contribution in [2.75, 3.05) is 5.32 Å². The second-order valence-electron chi connectivity index (χ2n) is 6.08. The fraction of sp³-hybridized carbons (Fsp3) is 0.667. The van der Waals surface area contributed by atoms with Gasteiger partial charge in [0.1, 0.15) is 0 Å². The van der Waals surface area contributed by atoms with Crippen molar-refractivity contribution < 1.29 is 4.79 Å². The van der Waals surface area contributed by atoms with E-state index in [2.05, 4.69) is 29.6 Å². The van der Waals surface area contributed by atoms with E-state index in [1.165, 1.54) is 12.8 Å². The normalized spacial score (nSPS) is 24.8. The van der Waals surface area contributed by atoms with Crippen molar-refractivity contribution in [2.24, 2.45) is 17.6 Å². The molecular weight excluding hydrogens is 298 g/mol. The first-order chi connectivity index (χ1) is 10.4. The Hall–Kier alpha value is -1.63. The molecule has 6 nitrogen and oxygen atoms in total. The van der Waals surface area contributed by atoms with Crippen LogP contribution in [0.5, 0.6) is 0 Å². The van der Waals surface area contributed by atoms with Crippen LogP contribution < -0.4 is 16.4 Å². The summed E-state index contributed by atoms with van der Waals surface area (Å²) < 4.78 is 1.66. The molecule has 3 atom stereocenters. The van der Waals surface area contributed by atoms with Gasteiger partial charge < -0.3 is 16.4 Å². The maximum absolute atomic E-state index is 11.5. The fourth-order valence-electron chi connectivity index (χ4n) is 2.97. The van der Waals surface area contributed by atoms with Crippen LogP contribution in [0.15, 0.2) is 6.20 Å². The molecule has 0 spiro atoms. The third-order valence-corrected chi connectivity index (χ3v) is 4.81. The Bertz CT molecular complexity index is 556. The SMILES string of the molecule is CCn1cc(NC(=S)N[C@H]2CCC[C@@H](C)[C@@H]2C)c(C(N)=O)n1. The van der Waals surface area contributed by atoms with Gasteiger partial charge in [-0.25, -0.2) is 0 Å². The van der Waals surface area contributed by atoms with Crippen LogP contribution in [0.2, 0.25) is 0 Å². The van der Waals surface area contributed by atoms with E-state index in [9.17, 15) is 4.79 Å². The van der Waals surface area contributed by atoms with Gasteiger partial charge in [-0.2, -0.15) is 5.10 Å². The molecule has 1 aromatic heterocycles. The Morgan fingerprint density at radius 1 is 1.50 bits per heavy atom. The van der Waals surface area contributed by atoms with Gasteiger partial charge >= 0.3 is 0 Å². The van der Waals surface area contributed by atoms with E-state index in [4.69, 9.17) is 18.0 Å². The number of amides is 1. The summed E-state index contributed by atoms with van der Waals surface area (Å²) in [5.41, 5.74) is 6.14. The Balaban J connectivity index is 2.03. The average molecular weight is 323 g/mol. The topological polar surface area (TPSA) is 85.0 Å². The Morgan fingerprint density at radius 3 is 2.86 bits per heavy atom. The van der Waals surface area contributed by atoms with E-state index in [0.717, 1.165) is 6.42 Å². The Kier molecular flexibility index (Phi) is 5.39. The molecule has 1 saturated carbocycles. The third kappa shape index (κ3) is 3.76. The van der Waals surface area contributed by atoms with Gasteiger partial charge in [0.05, 0.1) is 5.69 Å². The molecule has 2 rings (SSSR count). The second kappa shape index (κ2) is 7.09. The summed E-state index contributed by atoms with van der Waals surface area (Å²) in [7, 11) is 0. The molecule has 0 unspecified atom stereocenters. The first-order valence-electron chi connectivity index (χ1n) is 7.87. The molecule has 0 aliphatic heterocycles. The number of primary amides is 1. The van der Waals surface area contributed by atoms with Crippen LogP contribution in [-0.4, -0.2) is 26.8 Å². The molecule has 7 heteroatoms. The summed E-state index contributed by atoms with van der Waals surface area (Å²) in [6, 6.07) is 0.363. The second-order valence-corrected chi connectivity index (χ2v) is 6.49. The highest BCUT2D eigenvalue weighted by atomic mass is 32.1. The highest BCUT2D eigenvalue weighted by molar-refractivity contribution is 7.80. The van der Waals surface area contributed by atoms with Crippen LogP contribution in [0.3, 0.4) is 0 Å². The number of nitrogens with zero attached hydrogens (tertiary/aromatic N) is 2. The van der Waals surface area contributed by atoms with Crippen LogP contribution in [-0.2, 0) is 6.54 Å². The van der Waals surface area contributed by atoms with Gasteiger partial charge in [-0.15, -0.1) is 0 Å². The first kappa shape index (κ1) is 16.7. The lowest BCUT2D eigenvalue weighted by atomic mass is 9.78. The van der Waals surface area contributed by atoms with E-state index < -0.39 is 5.91 Å². The number of anilines is 1. The van der Waals surface area contributed by atoms with Crippen molar-refractivity contribution in [2.45, 2.75) is 52.6 Å². The van der Waals surface area contributed by atoms with Gasteiger partial charge in [-0.3, -0.25) is 9.48 Å². The Morgan fingerprint density at radius 2 is 2.23 bits per heavy atom. The van der Waals surface area contributed by atoms with Crippen LogP contribution in [0.1, 0.15) is 50.5 Å². The lowest BCUT2D eigenvalue weighted by Gasteiger charge is -2.35. The predicted octanol–water partition coefficient (Wildman–Crippen LogP) is 2.11. The number of thiocarbonyl (C=S) groups is 1. The van der Waals surface area contributed by atoms with E-state index in [-0.39, 0.29) is 5.69 Å². The molecule has 22 heavy (non-hydrogen) atoms. The summed E-state index contributed by atoms with van der Waals surface area (Å²) in [5, 5.41) is 11.1. The van der Waals surface area contributed by atoms with E-state index >= 15 is 0 Å². The molecule has 1 fully saturated rings. The number of rotatable bonds is 4. The first-order valence-corrected chi connectivity index (χ1v) is 8.28. The zero-order valence-electron chi connectivity index (χ0n) is 13.4. The number of nitrogens with one attached hydrogen (secondary N) is 2. The molecule has 1 aliphatic carbocycles. The van der Waals surface area contributed by atoms with Crippen LogP contribution in [0, 0.1) is 11.8 Å². The largest absolute Gasteiger partial charge is 0.364 e. The van der Waals surface area contributed by atoms with Crippen molar-refractivity contribution in [3.05, 3.63) is 11.9 Å². The number of hydrogen-bond donors (Lipinski definition) is 3. The minimum absolute atomic E-state index is 0.219. The molecular formula is C15H25N5OS. The monoisotopic (exact) mass is 323 g/mol. The molecule has 0 saturated heterocycles. The molecule has 1 amide bonds. The highest BCUT2D eigenvalue weighted by Gasteiger charge is 2.27. The standard InChI is InChI=1S/C15H25N5OS/c1-4-20-8-12(13(19-20)14(16)21)18-15(22)17-11-7-5-6-9(2)10(11)3/h8-11H,4-7H2,1-3H3,(H2,16,21)(H2,17,18,22)/t9-,10+,11+/m1/s1. The van der Waals surface area contributed by atoms with E-state index in [0.29, 0.717) is 35.2 Å². The van der Waals surface area contributed by atoms with Crippen molar-refractivity contribution in [3.63, 3.8) is 0 Å². The fourth-order valence-corrected chi connectivity index (χ4v) is 3.23. The summed E-state index contributed by atoms with van der Waals surface area (Å²) in [5.74, 6) is 0.706. The van der Waals surface area contributed by atoms with Gasteiger partial charge in [0.25, 0.3) is 5.91 Å². The number of hydrogen-bond acceptors (Lipinski definition) is 3. The van der Waals surface area contributed by atoms with Crippen molar-refractivity contribution in [1.29, 1.82) is 0 Å². The molecule has 0 bridgehead atoms. The molecule has 1 heterocycles.